The highest BCUT2D eigenvalue weighted by atomic mass is 32.1. The van der Waals surface area contributed by atoms with Gasteiger partial charge < -0.3 is 5.32 Å². The van der Waals surface area contributed by atoms with Crippen molar-refractivity contribution in [3.63, 3.8) is 0 Å². The molecular weight excluding hydrogens is 298 g/mol. The molecule has 0 saturated carbocycles. The Hall–Kier alpha value is -2.17. The zero-order chi connectivity index (χ0) is 15.5. The molecule has 1 amide bonds. The first-order valence-corrected chi connectivity index (χ1v) is 7.99. The van der Waals surface area contributed by atoms with Crippen LogP contribution < -0.4 is 5.32 Å². The Balaban J connectivity index is 1.58. The fourth-order valence-corrected chi connectivity index (χ4v) is 3.55. The van der Waals surface area contributed by atoms with E-state index in [2.05, 4.69) is 21.4 Å². The minimum absolute atomic E-state index is 0.107. The molecule has 1 unspecified atom stereocenters. The van der Waals surface area contributed by atoms with E-state index >= 15 is 0 Å². The summed E-state index contributed by atoms with van der Waals surface area (Å²) < 4.78 is 1.93. The number of thiophene rings is 1. The Bertz CT molecular complexity index is 714. The van der Waals surface area contributed by atoms with Crippen molar-refractivity contribution in [2.75, 3.05) is 18.4 Å². The maximum absolute atomic E-state index is 11.0. The first-order chi connectivity index (χ1) is 10.6. The summed E-state index contributed by atoms with van der Waals surface area (Å²) in [7, 11) is 0. The largest absolute Gasteiger partial charge is 0.309 e. The minimum Gasteiger partial charge on any atom is -0.309 e. The Labute approximate surface area is 133 Å². The van der Waals surface area contributed by atoms with Crippen LogP contribution in [0.4, 0.5) is 5.82 Å². The molecule has 2 aromatic heterocycles. The van der Waals surface area contributed by atoms with Gasteiger partial charge in [0.1, 0.15) is 10.9 Å². The van der Waals surface area contributed by atoms with Crippen LogP contribution in [0.3, 0.4) is 0 Å². The van der Waals surface area contributed by atoms with Crippen molar-refractivity contribution in [3.05, 3.63) is 34.2 Å². The number of amides is 1. The predicted molar refractivity (Wildman–Crippen MR) is 84.5 cm³/mol. The van der Waals surface area contributed by atoms with E-state index in [9.17, 15) is 4.79 Å². The highest BCUT2D eigenvalue weighted by Gasteiger charge is 2.24. The Morgan fingerprint density at radius 3 is 3.14 bits per heavy atom. The molecule has 1 atom stereocenters. The lowest BCUT2D eigenvalue weighted by Gasteiger charge is -2.15. The Morgan fingerprint density at radius 2 is 2.41 bits per heavy atom. The number of nitrogens with one attached hydrogen (secondary N) is 1. The van der Waals surface area contributed by atoms with Crippen molar-refractivity contribution in [3.8, 4) is 6.07 Å². The summed E-state index contributed by atoms with van der Waals surface area (Å²) in [4.78, 5) is 15.4. The van der Waals surface area contributed by atoms with Crippen molar-refractivity contribution in [2.24, 2.45) is 0 Å². The molecule has 1 fully saturated rings. The second-order valence-electron chi connectivity index (χ2n) is 5.42. The number of carbonyl (C=O) groups is 1. The van der Waals surface area contributed by atoms with Crippen LogP contribution in [-0.4, -0.2) is 33.7 Å². The zero-order valence-electron chi connectivity index (χ0n) is 12.3. The van der Waals surface area contributed by atoms with Crippen LogP contribution in [0.5, 0.6) is 0 Å². The van der Waals surface area contributed by atoms with Gasteiger partial charge in [-0.15, -0.1) is 11.3 Å². The molecule has 114 valence electrons. The maximum Gasteiger partial charge on any atom is 0.222 e. The smallest absolute Gasteiger partial charge is 0.222 e. The van der Waals surface area contributed by atoms with E-state index in [0.717, 1.165) is 30.9 Å². The van der Waals surface area contributed by atoms with Crippen LogP contribution in [0.25, 0.3) is 0 Å². The number of rotatable bonds is 4. The number of hydrogen-bond donors (Lipinski definition) is 1. The van der Waals surface area contributed by atoms with E-state index in [1.165, 1.54) is 11.8 Å². The van der Waals surface area contributed by atoms with Crippen LogP contribution in [0.1, 0.15) is 29.1 Å². The van der Waals surface area contributed by atoms with E-state index in [1.807, 2.05) is 29.1 Å². The summed E-state index contributed by atoms with van der Waals surface area (Å²) >= 11 is 1.56. The number of hydrogen-bond acceptors (Lipinski definition) is 5. The number of likely N-dealkylation sites (tertiary alicyclic amines) is 1. The molecule has 0 aliphatic carbocycles. The van der Waals surface area contributed by atoms with E-state index < -0.39 is 0 Å². The van der Waals surface area contributed by atoms with Crippen LogP contribution in [-0.2, 0) is 11.3 Å². The van der Waals surface area contributed by atoms with Crippen molar-refractivity contribution in [2.45, 2.75) is 25.9 Å². The van der Waals surface area contributed by atoms with Gasteiger partial charge in [-0.3, -0.25) is 14.4 Å². The summed E-state index contributed by atoms with van der Waals surface area (Å²) in [5.74, 6) is 0.493. The topological polar surface area (TPSA) is 74.0 Å². The summed E-state index contributed by atoms with van der Waals surface area (Å²) in [5, 5.41) is 16.0. The van der Waals surface area contributed by atoms with Crippen LogP contribution >= 0.6 is 11.3 Å². The molecule has 7 heteroatoms. The third kappa shape index (κ3) is 3.35. The minimum atomic E-state index is -0.107. The summed E-state index contributed by atoms with van der Waals surface area (Å²) in [6.07, 6.45) is 2.95. The molecule has 0 radical (unpaired) electrons. The van der Waals surface area contributed by atoms with E-state index in [1.54, 1.807) is 11.3 Å². The van der Waals surface area contributed by atoms with E-state index in [0.29, 0.717) is 11.9 Å². The molecule has 1 aliphatic heterocycles. The quantitative estimate of drug-likeness (QED) is 0.939. The van der Waals surface area contributed by atoms with Crippen molar-refractivity contribution in [1.29, 1.82) is 5.26 Å². The fraction of sp³-hybridized carbons (Fsp3) is 0.400. The molecular formula is C15H17N5OS. The molecule has 22 heavy (non-hydrogen) atoms. The van der Waals surface area contributed by atoms with Gasteiger partial charge in [-0.2, -0.15) is 10.4 Å². The highest BCUT2D eigenvalue weighted by Crippen LogP contribution is 2.25. The van der Waals surface area contributed by atoms with Gasteiger partial charge >= 0.3 is 0 Å². The molecule has 2 aromatic rings. The molecule has 6 nitrogen and oxygen atoms in total. The average molecular weight is 315 g/mol. The maximum atomic E-state index is 11.0. The van der Waals surface area contributed by atoms with E-state index in [4.69, 9.17) is 5.26 Å². The number of nitrogens with zero attached hydrogens (tertiary/aromatic N) is 4. The summed E-state index contributed by atoms with van der Waals surface area (Å²) in [5.41, 5.74) is 0. The number of anilines is 1. The third-order valence-electron chi connectivity index (χ3n) is 3.69. The van der Waals surface area contributed by atoms with Crippen LogP contribution in [0, 0.1) is 11.3 Å². The Morgan fingerprint density at radius 1 is 1.55 bits per heavy atom. The lowest BCUT2D eigenvalue weighted by molar-refractivity contribution is -0.114. The average Bonchev–Trinajstić information content (AvgIpc) is 3.18. The second-order valence-corrected chi connectivity index (χ2v) is 6.59. The molecule has 0 aromatic carbocycles. The monoisotopic (exact) mass is 315 g/mol. The van der Waals surface area contributed by atoms with Gasteiger partial charge in [0, 0.05) is 43.7 Å². The number of aromatic nitrogens is 2. The van der Waals surface area contributed by atoms with Crippen molar-refractivity contribution < 1.29 is 4.79 Å². The Kier molecular flexibility index (Phi) is 4.22. The molecule has 1 aliphatic rings. The predicted octanol–water partition coefficient (Wildman–Crippen LogP) is 2.22. The first kappa shape index (κ1) is 14.8. The van der Waals surface area contributed by atoms with Crippen molar-refractivity contribution >= 4 is 23.1 Å². The van der Waals surface area contributed by atoms with Crippen LogP contribution in [0.15, 0.2) is 24.4 Å². The van der Waals surface area contributed by atoms with Crippen LogP contribution in [0.2, 0.25) is 0 Å². The molecule has 0 bridgehead atoms. The number of nitriles is 1. The molecule has 1 N–H and O–H groups in total. The first-order valence-electron chi connectivity index (χ1n) is 7.18. The normalized spacial score (nSPS) is 18.3. The standard InChI is InChI=1S/C15H17N5OS/c1-11(21)17-15-5-7-20(18-15)12-4-6-19(9-12)10-14-3-2-13(8-16)22-14/h2-3,5,7,12H,4,6,9-10H2,1H3,(H,17,18,21). The lowest BCUT2D eigenvalue weighted by atomic mass is 10.3. The van der Waals surface area contributed by atoms with Gasteiger partial charge in [0.25, 0.3) is 0 Å². The summed E-state index contributed by atoms with van der Waals surface area (Å²) in [6.45, 7) is 4.30. The molecule has 1 saturated heterocycles. The van der Waals surface area contributed by atoms with Gasteiger partial charge in [0.2, 0.25) is 5.91 Å². The van der Waals surface area contributed by atoms with Gasteiger partial charge in [0.15, 0.2) is 5.82 Å². The second kappa shape index (κ2) is 6.30. The van der Waals surface area contributed by atoms with Crippen molar-refractivity contribution in [1.82, 2.24) is 14.7 Å². The van der Waals surface area contributed by atoms with Gasteiger partial charge in [0.05, 0.1) is 6.04 Å². The fourth-order valence-electron chi connectivity index (χ4n) is 2.70. The van der Waals surface area contributed by atoms with E-state index in [-0.39, 0.29) is 5.91 Å². The molecule has 0 spiro atoms. The van der Waals surface area contributed by atoms with Gasteiger partial charge in [-0.05, 0) is 18.6 Å². The number of carbonyl (C=O) groups excluding carboxylic acids is 1. The SMILES string of the molecule is CC(=O)Nc1ccn(C2CCN(Cc3ccc(C#N)s3)C2)n1. The van der Waals surface area contributed by atoms with Gasteiger partial charge in [-0.1, -0.05) is 0 Å². The molecule has 3 rings (SSSR count). The lowest BCUT2D eigenvalue weighted by Crippen LogP contribution is -2.21. The summed E-state index contributed by atoms with van der Waals surface area (Å²) in [6, 6.07) is 8.23. The highest BCUT2D eigenvalue weighted by molar-refractivity contribution is 7.12. The zero-order valence-corrected chi connectivity index (χ0v) is 13.1. The third-order valence-corrected chi connectivity index (χ3v) is 4.66. The van der Waals surface area contributed by atoms with Gasteiger partial charge in [-0.25, -0.2) is 0 Å². The molecule has 3 heterocycles.